The van der Waals surface area contributed by atoms with Crippen molar-refractivity contribution in [2.75, 3.05) is 7.11 Å². The first-order valence-electron chi connectivity index (χ1n) is 9.11. The zero-order valence-corrected chi connectivity index (χ0v) is 17.8. The second-order valence-corrected chi connectivity index (χ2v) is 8.24. The highest BCUT2D eigenvalue weighted by Crippen LogP contribution is 2.41. The number of carbonyl (C=O) groups is 2. The molecule has 0 spiro atoms. The summed E-state index contributed by atoms with van der Waals surface area (Å²) < 4.78 is 10.9. The van der Waals surface area contributed by atoms with Crippen molar-refractivity contribution in [2.24, 2.45) is 0 Å². The van der Waals surface area contributed by atoms with Crippen LogP contribution in [0.1, 0.15) is 28.0 Å². The number of aliphatic hydroxyl groups excluding tert-OH is 1. The molecule has 1 unspecified atom stereocenters. The Labute approximate surface area is 181 Å². The van der Waals surface area contributed by atoms with Crippen LogP contribution in [-0.2, 0) is 16.1 Å². The van der Waals surface area contributed by atoms with E-state index in [0.29, 0.717) is 22.8 Å². The fourth-order valence-electron chi connectivity index (χ4n) is 3.48. The van der Waals surface area contributed by atoms with Gasteiger partial charge in [-0.1, -0.05) is 17.7 Å². The lowest BCUT2D eigenvalue weighted by atomic mass is 9.99. The lowest BCUT2D eigenvalue weighted by molar-refractivity contribution is -0.140. The number of ether oxygens (including phenoxy) is 1. The zero-order chi connectivity index (χ0) is 21.4. The first-order chi connectivity index (χ1) is 14.4. The summed E-state index contributed by atoms with van der Waals surface area (Å²) in [7, 11) is 1.48. The molecule has 30 heavy (non-hydrogen) atoms. The van der Waals surface area contributed by atoms with E-state index < -0.39 is 17.7 Å². The maximum atomic E-state index is 13.0. The standard InChI is InChI=1S/C22H18ClNO5S/c1-12-5-7-17(29-12)19-18(20(25)13-6-8-16(28-2)15(23)10-13)21(26)22(27)24(19)11-14-4-3-9-30-14/h3-10,19,25H,11H2,1-2H3/b20-18-. The number of likely N-dealkylation sites (tertiary alicyclic amines) is 1. The third kappa shape index (κ3) is 3.51. The van der Waals surface area contributed by atoms with Crippen molar-refractivity contribution in [1.82, 2.24) is 4.90 Å². The lowest BCUT2D eigenvalue weighted by Gasteiger charge is -2.22. The van der Waals surface area contributed by atoms with Gasteiger partial charge in [-0.25, -0.2) is 0 Å². The minimum Gasteiger partial charge on any atom is -0.507 e. The van der Waals surface area contributed by atoms with Crippen LogP contribution in [0.25, 0.3) is 5.76 Å². The molecule has 8 heteroatoms. The molecule has 4 rings (SSSR count). The van der Waals surface area contributed by atoms with Crippen molar-refractivity contribution < 1.29 is 23.8 Å². The Kier molecular flexibility index (Phi) is 5.40. The highest BCUT2D eigenvalue weighted by atomic mass is 35.5. The van der Waals surface area contributed by atoms with Gasteiger partial charge < -0.3 is 19.2 Å². The molecule has 0 radical (unpaired) electrons. The number of hydrogen-bond acceptors (Lipinski definition) is 6. The van der Waals surface area contributed by atoms with Crippen LogP contribution in [0.15, 0.2) is 57.8 Å². The monoisotopic (exact) mass is 443 g/mol. The highest BCUT2D eigenvalue weighted by molar-refractivity contribution is 7.09. The minimum atomic E-state index is -0.846. The number of hydrogen-bond donors (Lipinski definition) is 1. The van der Waals surface area contributed by atoms with Crippen molar-refractivity contribution in [3.63, 3.8) is 0 Å². The molecular formula is C22H18ClNO5S. The molecule has 0 aliphatic carbocycles. The summed E-state index contributed by atoms with van der Waals surface area (Å²) in [5.41, 5.74) is 0.273. The third-order valence-electron chi connectivity index (χ3n) is 4.90. The van der Waals surface area contributed by atoms with Crippen molar-refractivity contribution in [1.29, 1.82) is 0 Å². The zero-order valence-electron chi connectivity index (χ0n) is 16.2. The molecule has 1 aromatic carbocycles. The molecule has 1 aliphatic heterocycles. The maximum absolute atomic E-state index is 13.0. The molecule has 0 saturated carbocycles. The quantitative estimate of drug-likeness (QED) is 0.343. The molecule has 1 fully saturated rings. The largest absolute Gasteiger partial charge is 0.507 e. The Morgan fingerprint density at radius 2 is 2.07 bits per heavy atom. The second-order valence-electron chi connectivity index (χ2n) is 6.80. The predicted octanol–water partition coefficient (Wildman–Crippen LogP) is 4.93. The van der Waals surface area contributed by atoms with Crippen molar-refractivity contribution in [3.05, 3.63) is 80.4 Å². The summed E-state index contributed by atoms with van der Waals surface area (Å²) in [6, 6.07) is 11.0. The topological polar surface area (TPSA) is 80.0 Å². The minimum absolute atomic E-state index is 0.0351. The number of furan rings is 1. The number of benzene rings is 1. The highest BCUT2D eigenvalue weighted by Gasteiger charge is 2.47. The third-order valence-corrected chi connectivity index (χ3v) is 6.06. The van der Waals surface area contributed by atoms with E-state index in [2.05, 4.69) is 0 Å². The van der Waals surface area contributed by atoms with E-state index in [-0.39, 0.29) is 22.9 Å². The number of Topliss-reactive ketones (excluding diaryl/α,β-unsaturated/α-hetero) is 1. The van der Waals surface area contributed by atoms with Gasteiger partial charge in [0, 0.05) is 10.4 Å². The van der Waals surface area contributed by atoms with E-state index in [4.69, 9.17) is 20.8 Å². The Bertz CT molecular complexity index is 1150. The first-order valence-corrected chi connectivity index (χ1v) is 10.4. The molecule has 1 aliphatic rings. The van der Waals surface area contributed by atoms with Crippen LogP contribution in [0.4, 0.5) is 0 Å². The van der Waals surface area contributed by atoms with E-state index in [1.165, 1.54) is 29.4 Å². The van der Waals surface area contributed by atoms with Crippen LogP contribution in [0.2, 0.25) is 5.02 Å². The van der Waals surface area contributed by atoms with Gasteiger partial charge in [0.15, 0.2) is 0 Å². The second kappa shape index (κ2) is 8.01. The number of nitrogens with zero attached hydrogens (tertiary/aromatic N) is 1. The molecule has 3 aromatic rings. The molecule has 0 bridgehead atoms. The van der Waals surface area contributed by atoms with E-state index in [0.717, 1.165) is 4.88 Å². The van der Waals surface area contributed by atoms with Crippen molar-refractivity contribution in [2.45, 2.75) is 19.5 Å². The molecule has 1 amide bonds. The number of aryl methyl sites for hydroxylation is 1. The fraction of sp³-hybridized carbons (Fsp3) is 0.182. The SMILES string of the molecule is COc1ccc(/C(O)=C2/C(=O)C(=O)N(Cc3cccs3)C2c2ccc(C)o2)cc1Cl. The number of ketones is 1. The average Bonchev–Trinajstić information content (AvgIpc) is 3.45. The van der Waals surface area contributed by atoms with Crippen molar-refractivity contribution in [3.8, 4) is 5.75 Å². The van der Waals surface area contributed by atoms with Gasteiger partial charge in [-0.05, 0) is 48.7 Å². The summed E-state index contributed by atoms with van der Waals surface area (Å²) >= 11 is 7.67. The van der Waals surface area contributed by atoms with Gasteiger partial charge in [0.25, 0.3) is 11.7 Å². The van der Waals surface area contributed by atoms with Gasteiger partial charge in [0.05, 0.1) is 24.3 Å². The Morgan fingerprint density at radius 3 is 2.67 bits per heavy atom. The number of rotatable bonds is 5. The molecule has 6 nitrogen and oxygen atoms in total. The number of thiophene rings is 1. The number of aliphatic hydroxyl groups is 1. The fourth-order valence-corrected chi connectivity index (χ4v) is 4.44. The summed E-state index contributed by atoms with van der Waals surface area (Å²) in [6.07, 6.45) is 0. The molecule has 1 N–H and O–H groups in total. The van der Waals surface area contributed by atoms with Crippen LogP contribution in [0, 0.1) is 6.92 Å². The van der Waals surface area contributed by atoms with Gasteiger partial charge in [0.1, 0.15) is 29.1 Å². The predicted molar refractivity (Wildman–Crippen MR) is 114 cm³/mol. The Balaban J connectivity index is 1.85. The Hall–Kier alpha value is -3.03. The molecule has 1 atom stereocenters. The normalized spacial score (nSPS) is 18.2. The summed E-state index contributed by atoms with van der Waals surface area (Å²) in [5, 5.41) is 13.2. The summed E-state index contributed by atoms with van der Waals surface area (Å²) in [4.78, 5) is 28.2. The van der Waals surface area contributed by atoms with Crippen LogP contribution in [0.5, 0.6) is 5.75 Å². The number of amides is 1. The van der Waals surface area contributed by atoms with Gasteiger partial charge in [-0.2, -0.15) is 0 Å². The van der Waals surface area contributed by atoms with E-state index in [1.807, 2.05) is 17.5 Å². The van der Waals surface area contributed by atoms with Crippen LogP contribution >= 0.6 is 22.9 Å². The smallest absolute Gasteiger partial charge is 0.296 e. The van der Waals surface area contributed by atoms with Gasteiger partial charge in [0.2, 0.25) is 0 Å². The number of methoxy groups -OCH3 is 1. The van der Waals surface area contributed by atoms with Gasteiger partial charge >= 0.3 is 0 Å². The van der Waals surface area contributed by atoms with Gasteiger partial charge in [-0.3, -0.25) is 9.59 Å². The van der Waals surface area contributed by atoms with Crippen molar-refractivity contribution >= 4 is 40.4 Å². The average molecular weight is 444 g/mol. The number of carbonyl (C=O) groups excluding carboxylic acids is 2. The first kappa shape index (κ1) is 20.3. The van der Waals surface area contributed by atoms with Crippen LogP contribution < -0.4 is 4.74 Å². The summed E-state index contributed by atoms with van der Waals surface area (Å²) in [6.45, 7) is 2.00. The van der Waals surface area contributed by atoms with Gasteiger partial charge in [-0.15, -0.1) is 11.3 Å². The molecule has 2 aromatic heterocycles. The summed E-state index contributed by atoms with van der Waals surface area (Å²) in [5.74, 6) is -0.294. The molecule has 3 heterocycles. The molecule has 1 saturated heterocycles. The Morgan fingerprint density at radius 1 is 1.27 bits per heavy atom. The van der Waals surface area contributed by atoms with Crippen LogP contribution in [0.3, 0.4) is 0 Å². The lowest BCUT2D eigenvalue weighted by Crippen LogP contribution is -2.28. The van der Waals surface area contributed by atoms with Crippen LogP contribution in [-0.4, -0.2) is 28.8 Å². The molecule has 154 valence electrons. The molecular weight excluding hydrogens is 426 g/mol. The van der Waals surface area contributed by atoms with E-state index in [1.54, 1.807) is 31.2 Å². The number of halogens is 1. The van der Waals surface area contributed by atoms with E-state index in [9.17, 15) is 14.7 Å². The van der Waals surface area contributed by atoms with E-state index >= 15 is 0 Å². The maximum Gasteiger partial charge on any atom is 0.296 e.